The molecule has 0 radical (unpaired) electrons. The van der Waals surface area contributed by atoms with Crippen molar-refractivity contribution in [2.24, 2.45) is 11.8 Å². The summed E-state index contributed by atoms with van der Waals surface area (Å²) in [5.41, 5.74) is -1.87. The van der Waals surface area contributed by atoms with Crippen molar-refractivity contribution >= 4 is 0 Å². The standard InChI is InChI=1S/C28H27F9O6/c1-2-3-15-10-40-27(41-11-15)16-12-38-22(39-13-16)5-4-14-6-18(29)23(19(30)7-14)28(36,37)43-17-8-20(31)24(21(32)9-17)42-26(35)25(33)34/h6-9,15-16,22,27H,2-5,10-13H2,1H3. The Hall–Kier alpha value is -3.01. The number of benzene rings is 2. The van der Waals surface area contributed by atoms with Gasteiger partial charge in [-0.05, 0) is 30.5 Å². The maximum atomic E-state index is 14.7. The lowest BCUT2D eigenvalue weighted by atomic mass is 10.0. The molecule has 2 fully saturated rings. The van der Waals surface area contributed by atoms with E-state index in [1.54, 1.807) is 0 Å². The molecular weight excluding hydrogens is 603 g/mol. The molecule has 6 nitrogen and oxygen atoms in total. The molecule has 0 aliphatic carbocycles. The zero-order valence-electron chi connectivity index (χ0n) is 22.6. The van der Waals surface area contributed by atoms with E-state index in [1.165, 1.54) is 0 Å². The molecule has 2 heterocycles. The zero-order chi connectivity index (χ0) is 31.3. The number of rotatable bonds is 11. The lowest BCUT2D eigenvalue weighted by Gasteiger charge is -2.37. The fourth-order valence-electron chi connectivity index (χ4n) is 4.64. The number of ether oxygens (including phenoxy) is 6. The SMILES string of the molecule is CCCC1COC(C2COC(CCc3cc(F)c(C(F)(F)Oc4cc(F)c(OC(F)=C(F)F)c(F)c4)c(F)c3)OC2)OC1. The molecule has 0 bridgehead atoms. The Labute approximate surface area is 240 Å². The summed E-state index contributed by atoms with van der Waals surface area (Å²) >= 11 is 0. The maximum absolute atomic E-state index is 14.7. The maximum Gasteiger partial charge on any atom is 0.432 e. The molecule has 0 aromatic heterocycles. The first-order chi connectivity index (χ1) is 20.4. The minimum absolute atomic E-state index is 0.0152. The summed E-state index contributed by atoms with van der Waals surface area (Å²) in [6.45, 7) is 3.74. The molecule has 2 aromatic rings. The van der Waals surface area contributed by atoms with Gasteiger partial charge in [-0.2, -0.15) is 22.0 Å². The summed E-state index contributed by atoms with van der Waals surface area (Å²) in [6, 6.07) is -1.29. The molecule has 15 heteroatoms. The van der Waals surface area contributed by atoms with Crippen LogP contribution in [-0.2, 0) is 31.5 Å². The molecule has 2 saturated heterocycles. The van der Waals surface area contributed by atoms with E-state index >= 15 is 0 Å². The number of hydrogen-bond acceptors (Lipinski definition) is 6. The van der Waals surface area contributed by atoms with Gasteiger partial charge in [-0.3, -0.25) is 0 Å². The molecular formula is C28H27F9O6. The third-order valence-electron chi connectivity index (χ3n) is 6.69. The van der Waals surface area contributed by atoms with Gasteiger partial charge in [0.05, 0.1) is 32.3 Å². The van der Waals surface area contributed by atoms with Gasteiger partial charge in [0.15, 0.2) is 24.2 Å². The van der Waals surface area contributed by atoms with Crippen LogP contribution in [0.1, 0.15) is 37.3 Å². The molecule has 0 unspecified atom stereocenters. The average molecular weight is 630 g/mol. The summed E-state index contributed by atoms with van der Waals surface area (Å²) in [7, 11) is 0. The molecule has 4 rings (SSSR count). The van der Waals surface area contributed by atoms with Crippen LogP contribution in [0.25, 0.3) is 0 Å². The highest BCUT2D eigenvalue weighted by Gasteiger charge is 2.42. The molecule has 2 aromatic carbocycles. The second kappa shape index (κ2) is 14.2. The van der Waals surface area contributed by atoms with E-state index in [2.05, 4.69) is 16.4 Å². The predicted octanol–water partition coefficient (Wildman–Crippen LogP) is 7.50. The highest BCUT2D eigenvalue weighted by atomic mass is 19.3. The average Bonchev–Trinajstić information content (AvgIpc) is 2.94. The van der Waals surface area contributed by atoms with Crippen LogP contribution in [-0.4, -0.2) is 39.0 Å². The van der Waals surface area contributed by atoms with Crippen molar-refractivity contribution in [2.75, 3.05) is 26.4 Å². The van der Waals surface area contributed by atoms with E-state index in [-0.39, 0.29) is 49.7 Å². The van der Waals surface area contributed by atoms with Crippen LogP contribution in [0.15, 0.2) is 36.4 Å². The summed E-state index contributed by atoms with van der Waals surface area (Å²) in [5.74, 6) is -10.1. The summed E-state index contributed by atoms with van der Waals surface area (Å²) < 4.78 is 155. The van der Waals surface area contributed by atoms with Gasteiger partial charge in [0.25, 0.3) is 0 Å². The van der Waals surface area contributed by atoms with Gasteiger partial charge in [0.1, 0.15) is 22.9 Å². The Balaban J connectivity index is 1.33. The molecule has 0 saturated carbocycles. The van der Waals surface area contributed by atoms with Gasteiger partial charge in [-0.25, -0.2) is 17.6 Å². The number of aryl methyl sites for hydroxylation is 1. The Morgan fingerprint density at radius 2 is 1.40 bits per heavy atom. The topological polar surface area (TPSA) is 55.4 Å². The normalized spacial score (nSPS) is 22.7. The third-order valence-corrected chi connectivity index (χ3v) is 6.69. The summed E-state index contributed by atoms with van der Waals surface area (Å²) in [5, 5.41) is 0. The zero-order valence-corrected chi connectivity index (χ0v) is 22.6. The van der Waals surface area contributed by atoms with Crippen LogP contribution < -0.4 is 9.47 Å². The number of halogens is 9. The Morgan fingerprint density at radius 1 is 0.814 bits per heavy atom. The minimum atomic E-state index is -4.78. The smallest absolute Gasteiger partial charge is 0.429 e. The van der Waals surface area contributed by atoms with Crippen molar-refractivity contribution in [3.8, 4) is 11.5 Å². The Bertz CT molecular complexity index is 1240. The van der Waals surface area contributed by atoms with Gasteiger partial charge in [-0.1, -0.05) is 13.3 Å². The quantitative estimate of drug-likeness (QED) is 0.190. The van der Waals surface area contributed by atoms with Gasteiger partial charge >= 0.3 is 18.2 Å². The molecule has 2 aliphatic heterocycles. The molecule has 238 valence electrons. The van der Waals surface area contributed by atoms with Gasteiger partial charge in [0.2, 0.25) is 5.75 Å². The molecule has 0 atom stereocenters. The monoisotopic (exact) mass is 630 g/mol. The van der Waals surface area contributed by atoms with Crippen LogP contribution in [0.2, 0.25) is 0 Å². The summed E-state index contributed by atoms with van der Waals surface area (Å²) in [6.07, 6.45) is -6.88. The molecule has 0 amide bonds. The van der Waals surface area contributed by atoms with Crippen molar-refractivity contribution in [3.05, 3.63) is 70.8 Å². The third kappa shape index (κ3) is 8.34. The molecule has 0 spiro atoms. The fraction of sp³-hybridized carbons (Fsp3) is 0.500. The first-order valence-electron chi connectivity index (χ1n) is 13.3. The molecule has 2 aliphatic rings. The van der Waals surface area contributed by atoms with E-state index in [4.69, 9.17) is 18.9 Å². The van der Waals surface area contributed by atoms with Crippen molar-refractivity contribution in [1.82, 2.24) is 0 Å². The first-order valence-corrected chi connectivity index (χ1v) is 13.3. The van der Waals surface area contributed by atoms with Crippen LogP contribution >= 0.6 is 0 Å². The number of hydrogen-bond donors (Lipinski definition) is 0. The van der Waals surface area contributed by atoms with Crippen LogP contribution in [0.4, 0.5) is 39.5 Å². The van der Waals surface area contributed by atoms with E-state index in [0.29, 0.717) is 31.3 Å². The van der Waals surface area contributed by atoms with Crippen molar-refractivity contribution in [2.45, 2.75) is 51.3 Å². The minimum Gasteiger partial charge on any atom is -0.429 e. The fourth-order valence-corrected chi connectivity index (χ4v) is 4.64. The van der Waals surface area contributed by atoms with Gasteiger partial charge in [-0.15, -0.1) is 0 Å². The van der Waals surface area contributed by atoms with Crippen LogP contribution in [0.5, 0.6) is 11.5 Å². The molecule has 43 heavy (non-hydrogen) atoms. The number of alkyl halides is 2. The van der Waals surface area contributed by atoms with Gasteiger partial charge in [0, 0.05) is 24.5 Å². The van der Waals surface area contributed by atoms with E-state index < -0.39 is 71.1 Å². The van der Waals surface area contributed by atoms with Crippen LogP contribution in [0.3, 0.4) is 0 Å². The van der Waals surface area contributed by atoms with E-state index in [0.717, 1.165) is 12.8 Å². The Morgan fingerprint density at radius 3 is 1.93 bits per heavy atom. The van der Waals surface area contributed by atoms with Crippen molar-refractivity contribution in [3.63, 3.8) is 0 Å². The second-order valence-electron chi connectivity index (χ2n) is 9.99. The summed E-state index contributed by atoms with van der Waals surface area (Å²) in [4.78, 5) is 0. The van der Waals surface area contributed by atoms with E-state index in [9.17, 15) is 39.5 Å². The molecule has 0 N–H and O–H groups in total. The largest absolute Gasteiger partial charge is 0.432 e. The van der Waals surface area contributed by atoms with Gasteiger partial charge < -0.3 is 28.4 Å². The van der Waals surface area contributed by atoms with E-state index in [1.807, 2.05) is 0 Å². The van der Waals surface area contributed by atoms with Crippen molar-refractivity contribution in [1.29, 1.82) is 0 Å². The lowest BCUT2D eigenvalue weighted by Crippen LogP contribution is -2.44. The predicted molar refractivity (Wildman–Crippen MR) is 130 cm³/mol. The van der Waals surface area contributed by atoms with Crippen molar-refractivity contribution < 1.29 is 67.9 Å². The first kappa shape index (κ1) is 32.9. The lowest BCUT2D eigenvalue weighted by molar-refractivity contribution is -0.281. The second-order valence-corrected chi connectivity index (χ2v) is 9.99. The highest BCUT2D eigenvalue weighted by Crippen LogP contribution is 2.38. The highest BCUT2D eigenvalue weighted by molar-refractivity contribution is 5.37. The Kier molecular flexibility index (Phi) is 10.8. The van der Waals surface area contributed by atoms with Crippen LogP contribution in [0, 0.1) is 35.1 Å².